The number of thioether (sulfide) groups is 1. The van der Waals surface area contributed by atoms with Crippen molar-refractivity contribution in [3.63, 3.8) is 0 Å². The molecule has 3 fully saturated rings. The predicted octanol–water partition coefficient (Wildman–Crippen LogP) is 3.02. The summed E-state index contributed by atoms with van der Waals surface area (Å²) < 4.78 is 0. The first-order valence-electron chi connectivity index (χ1n) is 12.6. The van der Waals surface area contributed by atoms with Crippen molar-refractivity contribution in [2.24, 2.45) is 5.92 Å². The number of rotatable bonds is 7. The summed E-state index contributed by atoms with van der Waals surface area (Å²) in [4.78, 5) is 42.8. The van der Waals surface area contributed by atoms with E-state index in [1.165, 1.54) is 16.7 Å². The molecule has 5 rings (SSSR count). The summed E-state index contributed by atoms with van der Waals surface area (Å²) in [6.45, 7) is 4.37. The van der Waals surface area contributed by atoms with Gasteiger partial charge in [-0.25, -0.2) is 0 Å². The van der Waals surface area contributed by atoms with E-state index in [-0.39, 0.29) is 35.6 Å². The Morgan fingerprint density at radius 3 is 2.53 bits per heavy atom. The lowest BCUT2D eigenvalue weighted by Gasteiger charge is -2.29. The first-order chi connectivity index (χ1) is 17.3. The molecule has 2 aromatic rings. The molecule has 0 aromatic heterocycles. The molecule has 36 heavy (non-hydrogen) atoms. The maximum atomic E-state index is 13.6. The second-order valence-corrected chi connectivity index (χ2v) is 11.5. The Labute approximate surface area is 216 Å². The maximum absolute atomic E-state index is 13.6. The van der Waals surface area contributed by atoms with E-state index in [9.17, 15) is 19.5 Å². The van der Waals surface area contributed by atoms with Crippen LogP contribution in [0.3, 0.4) is 0 Å². The standard InChI is InChI=1S/C28H33N3O4S/c1-18-8-6-7-11-22(18)15-31-19(2)36-17-30(16-24(31)32)27(35)25(33)28(29-26(34)21-12-13-21)14-23(28)20-9-4-3-5-10-20/h3-11,19,21,23,25,33H,12-17H2,1-2H3,(H,29,34)/t19?,23-,25+,28?/m0/s1. The van der Waals surface area contributed by atoms with Crippen LogP contribution in [0.5, 0.6) is 0 Å². The first-order valence-corrected chi connectivity index (χ1v) is 13.6. The van der Waals surface area contributed by atoms with Gasteiger partial charge in [-0.15, -0.1) is 11.8 Å². The number of nitrogens with zero attached hydrogens (tertiary/aromatic N) is 2. The molecule has 1 saturated heterocycles. The molecule has 2 unspecified atom stereocenters. The molecule has 0 spiro atoms. The van der Waals surface area contributed by atoms with E-state index in [1.54, 1.807) is 4.90 Å². The molecule has 8 heteroatoms. The number of benzene rings is 2. The first kappa shape index (κ1) is 24.8. The van der Waals surface area contributed by atoms with Crippen LogP contribution in [0, 0.1) is 12.8 Å². The molecule has 2 saturated carbocycles. The summed E-state index contributed by atoms with van der Waals surface area (Å²) >= 11 is 1.50. The van der Waals surface area contributed by atoms with Crippen molar-refractivity contribution in [2.75, 3.05) is 12.4 Å². The molecule has 0 radical (unpaired) electrons. The van der Waals surface area contributed by atoms with Crippen LogP contribution in [0.25, 0.3) is 0 Å². The highest BCUT2D eigenvalue weighted by Crippen LogP contribution is 2.54. The molecule has 3 aliphatic rings. The van der Waals surface area contributed by atoms with Crippen molar-refractivity contribution in [1.29, 1.82) is 0 Å². The number of carbonyl (C=O) groups is 3. The van der Waals surface area contributed by atoms with E-state index in [1.807, 2.05) is 68.4 Å². The number of carbonyl (C=O) groups excluding carboxylic acids is 3. The molecule has 4 atom stereocenters. The van der Waals surface area contributed by atoms with Crippen molar-refractivity contribution in [3.8, 4) is 0 Å². The molecule has 190 valence electrons. The highest BCUT2D eigenvalue weighted by molar-refractivity contribution is 7.99. The molecule has 2 aliphatic carbocycles. The zero-order chi connectivity index (χ0) is 25.4. The van der Waals surface area contributed by atoms with Gasteiger partial charge in [-0.05, 0) is 49.8 Å². The monoisotopic (exact) mass is 507 g/mol. The van der Waals surface area contributed by atoms with Crippen LogP contribution < -0.4 is 5.32 Å². The van der Waals surface area contributed by atoms with Gasteiger partial charge in [0.2, 0.25) is 11.8 Å². The van der Waals surface area contributed by atoms with Gasteiger partial charge in [-0.2, -0.15) is 0 Å². The summed E-state index contributed by atoms with van der Waals surface area (Å²) in [5, 5.41) is 14.3. The molecule has 2 aromatic carbocycles. The number of aliphatic hydroxyl groups excluding tert-OH is 1. The second-order valence-electron chi connectivity index (χ2n) is 10.3. The van der Waals surface area contributed by atoms with Crippen LogP contribution in [0.1, 0.15) is 48.8 Å². The van der Waals surface area contributed by atoms with Gasteiger partial charge in [0.25, 0.3) is 5.91 Å². The van der Waals surface area contributed by atoms with Gasteiger partial charge in [0.05, 0.1) is 16.8 Å². The Hall–Kier alpha value is -2.84. The van der Waals surface area contributed by atoms with E-state index in [2.05, 4.69) is 5.32 Å². The van der Waals surface area contributed by atoms with Crippen LogP contribution in [-0.4, -0.2) is 62.1 Å². The molecule has 7 nitrogen and oxygen atoms in total. The van der Waals surface area contributed by atoms with Crippen molar-refractivity contribution in [2.45, 2.75) is 62.6 Å². The topological polar surface area (TPSA) is 90.0 Å². The number of hydrogen-bond acceptors (Lipinski definition) is 5. The Morgan fingerprint density at radius 1 is 1.14 bits per heavy atom. The highest BCUT2D eigenvalue weighted by atomic mass is 32.2. The number of nitrogens with one attached hydrogen (secondary N) is 1. The molecular formula is C28H33N3O4S. The van der Waals surface area contributed by atoms with Crippen LogP contribution in [0.2, 0.25) is 0 Å². The Bertz CT molecular complexity index is 1150. The summed E-state index contributed by atoms with van der Waals surface area (Å²) in [6, 6.07) is 17.7. The zero-order valence-electron chi connectivity index (χ0n) is 20.7. The minimum atomic E-state index is -1.42. The van der Waals surface area contributed by atoms with E-state index < -0.39 is 17.6 Å². The lowest BCUT2D eigenvalue weighted by molar-refractivity contribution is -0.147. The van der Waals surface area contributed by atoms with Crippen molar-refractivity contribution in [1.82, 2.24) is 15.1 Å². The third kappa shape index (κ3) is 4.89. The van der Waals surface area contributed by atoms with Crippen LogP contribution in [-0.2, 0) is 20.9 Å². The Morgan fingerprint density at radius 2 is 1.83 bits per heavy atom. The van der Waals surface area contributed by atoms with Gasteiger partial charge in [0.15, 0.2) is 6.10 Å². The number of aryl methyl sites for hydroxylation is 1. The van der Waals surface area contributed by atoms with Gasteiger partial charge in [-0.3, -0.25) is 14.4 Å². The fourth-order valence-corrected chi connectivity index (χ4v) is 6.06. The quantitative estimate of drug-likeness (QED) is 0.601. The number of hydrogen-bond donors (Lipinski definition) is 2. The Kier molecular flexibility index (Phi) is 6.83. The summed E-state index contributed by atoms with van der Waals surface area (Å²) in [7, 11) is 0. The fraction of sp³-hybridized carbons (Fsp3) is 0.464. The van der Waals surface area contributed by atoms with Crippen LogP contribution >= 0.6 is 11.8 Å². The third-order valence-electron chi connectivity index (χ3n) is 7.70. The minimum absolute atomic E-state index is 0.0348. The normalized spacial score (nSPS) is 26.8. The van der Waals surface area contributed by atoms with Gasteiger partial charge in [-0.1, -0.05) is 54.6 Å². The van der Waals surface area contributed by atoms with Crippen molar-refractivity contribution >= 4 is 29.5 Å². The van der Waals surface area contributed by atoms with Crippen molar-refractivity contribution < 1.29 is 19.5 Å². The average Bonchev–Trinajstić information content (AvgIpc) is 3.79. The molecule has 2 N–H and O–H groups in total. The van der Waals surface area contributed by atoms with E-state index in [4.69, 9.17) is 0 Å². The summed E-state index contributed by atoms with van der Waals surface area (Å²) in [6.07, 6.45) is 0.756. The Balaban J connectivity index is 1.32. The minimum Gasteiger partial charge on any atom is -0.381 e. The van der Waals surface area contributed by atoms with Gasteiger partial charge >= 0.3 is 0 Å². The SMILES string of the molecule is Cc1ccccc1CN1C(=O)CN(C(=O)[C@@H](O)C2(NC(=O)C3CC3)C[C@H]2c2ccccc2)CSC1C. The van der Waals surface area contributed by atoms with Gasteiger partial charge in [0.1, 0.15) is 6.54 Å². The average molecular weight is 508 g/mol. The summed E-state index contributed by atoms with van der Waals surface area (Å²) in [5.41, 5.74) is 2.14. The molecule has 3 amide bonds. The highest BCUT2D eigenvalue weighted by Gasteiger charge is 2.63. The van der Waals surface area contributed by atoms with Gasteiger partial charge < -0.3 is 20.2 Å². The lowest BCUT2D eigenvalue weighted by atomic mass is 9.99. The third-order valence-corrected chi connectivity index (χ3v) is 8.90. The van der Waals surface area contributed by atoms with E-state index in [0.29, 0.717) is 18.8 Å². The molecule has 1 heterocycles. The van der Waals surface area contributed by atoms with Crippen LogP contribution in [0.15, 0.2) is 54.6 Å². The molecule has 0 bridgehead atoms. The van der Waals surface area contributed by atoms with Crippen LogP contribution in [0.4, 0.5) is 0 Å². The second kappa shape index (κ2) is 9.90. The van der Waals surface area contributed by atoms with Gasteiger partial charge in [0, 0.05) is 18.4 Å². The smallest absolute Gasteiger partial charge is 0.255 e. The molecule has 1 aliphatic heterocycles. The largest absolute Gasteiger partial charge is 0.381 e. The zero-order valence-corrected chi connectivity index (χ0v) is 21.5. The van der Waals surface area contributed by atoms with E-state index >= 15 is 0 Å². The van der Waals surface area contributed by atoms with E-state index in [0.717, 1.165) is 29.5 Å². The lowest BCUT2D eigenvalue weighted by Crippen LogP contribution is -2.55. The van der Waals surface area contributed by atoms with Crippen molar-refractivity contribution in [3.05, 3.63) is 71.3 Å². The summed E-state index contributed by atoms with van der Waals surface area (Å²) in [5.74, 6) is -0.632. The predicted molar refractivity (Wildman–Crippen MR) is 139 cm³/mol. The molecular weight excluding hydrogens is 474 g/mol. The number of aliphatic hydroxyl groups is 1. The number of amides is 3. The maximum Gasteiger partial charge on any atom is 0.255 e. The fourth-order valence-electron chi connectivity index (χ4n) is 5.08.